The Balaban J connectivity index is 1.60. The minimum Gasteiger partial charge on any atom is -0.481 e. The van der Waals surface area contributed by atoms with Gasteiger partial charge in [-0.05, 0) is 56.6 Å². The highest BCUT2D eigenvalue weighted by molar-refractivity contribution is 5.70. The molecular formula is C16H24N2O2. The molecule has 0 amide bonds. The van der Waals surface area contributed by atoms with Crippen LogP contribution in [0.5, 0.6) is 0 Å². The van der Waals surface area contributed by atoms with E-state index in [2.05, 4.69) is 10.2 Å². The van der Waals surface area contributed by atoms with Gasteiger partial charge >= 0.3 is 5.97 Å². The van der Waals surface area contributed by atoms with Gasteiger partial charge in [-0.3, -0.25) is 4.79 Å². The molecule has 4 heteroatoms. The quantitative estimate of drug-likeness (QED) is 0.712. The zero-order chi connectivity index (χ0) is 14.2. The highest BCUT2D eigenvalue weighted by Crippen LogP contribution is 2.07. The molecule has 20 heavy (non-hydrogen) atoms. The Morgan fingerprint density at radius 3 is 2.45 bits per heavy atom. The molecular weight excluding hydrogens is 252 g/mol. The molecule has 0 aliphatic carbocycles. The normalized spacial score (nSPS) is 15.6. The first kappa shape index (κ1) is 15.0. The van der Waals surface area contributed by atoms with Gasteiger partial charge in [-0.1, -0.05) is 24.3 Å². The number of benzene rings is 1. The smallest absolute Gasteiger partial charge is 0.307 e. The molecule has 0 unspecified atom stereocenters. The van der Waals surface area contributed by atoms with Gasteiger partial charge in [-0.25, -0.2) is 0 Å². The molecule has 1 fully saturated rings. The Morgan fingerprint density at radius 1 is 1.15 bits per heavy atom. The second-order valence-corrected chi connectivity index (χ2v) is 5.47. The predicted molar refractivity (Wildman–Crippen MR) is 79.8 cm³/mol. The van der Waals surface area contributed by atoms with Gasteiger partial charge in [0.15, 0.2) is 0 Å². The van der Waals surface area contributed by atoms with Gasteiger partial charge in [0.1, 0.15) is 0 Å². The number of nitrogens with one attached hydrogen (secondary N) is 1. The molecule has 1 aromatic rings. The fourth-order valence-electron chi connectivity index (χ4n) is 2.62. The van der Waals surface area contributed by atoms with Crippen LogP contribution in [0.1, 0.15) is 30.4 Å². The van der Waals surface area contributed by atoms with E-state index in [1.807, 2.05) is 24.3 Å². The van der Waals surface area contributed by atoms with Crippen molar-refractivity contribution in [2.24, 2.45) is 0 Å². The monoisotopic (exact) mass is 276 g/mol. The van der Waals surface area contributed by atoms with E-state index in [9.17, 15) is 4.79 Å². The third-order valence-electron chi connectivity index (χ3n) is 3.73. The summed E-state index contributed by atoms with van der Waals surface area (Å²) in [5, 5.41) is 12.2. The second-order valence-electron chi connectivity index (χ2n) is 5.47. The summed E-state index contributed by atoms with van der Waals surface area (Å²) in [5.74, 6) is -0.780. The number of rotatable bonds is 8. The molecule has 1 heterocycles. The SMILES string of the molecule is O=C(O)Cc1ccc(CNCCCN2CCCC2)cc1. The lowest BCUT2D eigenvalue weighted by molar-refractivity contribution is -0.136. The van der Waals surface area contributed by atoms with Crippen molar-refractivity contribution in [3.8, 4) is 0 Å². The minimum absolute atomic E-state index is 0.101. The van der Waals surface area contributed by atoms with Crippen LogP contribution in [-0.2, 0) is 17.8 Å². The maximum absolute atomic E-state index is 10.6. The zero-order valence-electron chi connectivity index (χ0n) is 12.0. The fraction of sp³-hybridized carbons (Fsp3) is 0.562. The summed E-state index contributed by atoms with van der Waals surface area (Å²) in [6, 6.07) is 7.81. The predicted octanol–water partition coefficient (Wildman–Crippen LogP) is 1.89. The van der Waals surface area contributed by atoms with Crippen molar-refractivity contribution >= 4 is 5.97 Å². The number of nitrogens with zero attached hydrogens (tertiary/aromatic N) is 1. The average molecular weight is 276 g/mol. The molecule has 0 saturated carbocycles. The van der Waals surface area contributed by atoms with Gasteiger partial charge in [-0.2, -0.15) is 0 Å². The van der Waals surface area contributed by atoms with Crippen LogP contribution in [0, 0.1) is 0 Å². The third kappa shape index (κ3) is 5.31. The number of aliphatic carboxylic acids is 1. The number of likely N-dealkylation sites (tertiary alicyclic amines) is 1. The van der Waals surface area contributed by atoms with E-state index in [1.54, 1.807) is 0 Å². The highest BCUT2D eigenvalue weighted by Gasteiger charge is 2.09. The van der Waals surface area contributed by atoms with E-state index < -0.39 is 5.97 Å². The molecule has 1 aliphatic rings. The number of carboxylic acid groups (broad SMARTS) is 1. The van der Waals surface area contributed by atoms with Gasteiger partial charge in [0.05, 0.1) is 6.42 Å². The van der Waals surface area contributed by atoms with Crippen molar-refractivity contribution in [1.82, 2.24) is 10.2 Å². The average Bonchev–Trinajstić information content (AvgIpc) is 2.93. The summed E-state index contributed by atoms with van der Waals surface area (Å²) in [6.07, 6.45) is 4.01. The molecule has 1 aliphatic heterocycles. The lowest BCUT2D eigenvalue weighted by Gasteiger charge is -2.14. The fourth-order valence-corrected chi connectivity index (χ4v) is 2.62. The molecule has 2 rings (SSSR count). The van der Waals surface area contributed by atoms with Crippen molar-refractivity contribution in [3.05, 3.63) is 35.4 Å². The summed E-state index contributed by atoms with van der Waals surface area (Å²) in [4.78, 5) is 13.1. The van der Waals surface area contributed by atoms with E-state index in [4.69, 9.17) is 5.11 Å². The van der Waals surface area contributed by atoms with Gasteiger partial charge in [-0.15, -0.1) is 0 Å². The summed E-state index contributed by atoms with van der Waals surface area (Å²) < 4.78 is 0. The van der Waals surface area contributed by atoms with Crippen LogP contribution < -0.4 is 5.32 Å². The maximum atomic E-state index is 10.6. The van der Waals surface area contributed by atoms with Crippen LogP contribution in [0.15, 0.2) is 24.3 Å². The molecule has 110 valence electrons. The zero-order valence-corrected chi connectivity index (χ0v) is 12.0. The Labute approximate surface area is 120 Å². The van der Waals surface area contributed by atoms with Crippen molar-refractivity contribution in [1.29, 1.82) is 0 Å². The Morgan fingerprint density at radius 2 is 1.80 bits per heavy atom. The van der Waals surface area contributed by atoms with Crippen LogP contribution in [0.4, 0.5) is 0 Å². The molecule has 0 aromatic heterocycles. The van der Waals surface area contributed by atoms with Crippen molar-refractivity contribution < 1.29 is 9.90 Å². The van der Waals surface area contributed by atoms with Crippen molar-refractivity contribution in [2.45, 2.75) is 32.2 Å². The van der Waals surface area contributed by atoms with Crippen LogP contribution in [0.2, 0.25) is 0 Å². The standard InChI is InChI=1S/C16H24N2O2/c19-16(20)12-14-4-6-15(7-5-14)13-17-8-3-11-18-9-1-2-10-18/h4-7,17H,1-3,8-13H2,(H,19,20). The minimum atomic E-state index is -0.780. The van der Waals surface area contributed by atoms with Gasteiger partial charge in [0.2, 0.25) is 0 Å². The Kier molecular flexibility index (Phi) is 6.02. The van der Waals surface area contributed by atoms with Gasteiger partial charge in [0.25, 0.3) is 0 Å². The summed E-state index contributed by atoms with van der Waals surface area (Å²) >= 11 is 0. The molecule has 1 aromatic carbocycles. The van der Waals surface area contributed by atoms with E-state index in [0.717, 1.165) is 18.7 Å². The molecule has 0 atom stereocenters. The van der Waals surface area contributed by atoms with Crippen LogP contribution >= 0.6 is 0 Å². The third-order valence-corrected chi connectivity index (χ3v) is 3.73. The van der Waals surface area contributed by atoms with Crippen molar-refractivity contribution in [3.63, 3.8) is 0 Å². The molecule has 0 radical (unpaired) electrons. The number of hydrogen-bond donors (Lipinski definition) is 2. The Bertz CT molecular complexity index is 411. The molecule has 1 saturated heterocycles. The Hall–Kier alpha value is -1.39. The van der Waals surface area contributed by atoms with Crippen LogP contribution in [0.3, 0.4) is 0 Å². The van der Waals surface area contributed by atoms with E-state index in [-0.39, 0.29) is 6.42 Å². The van der Waals surface area contributed by atoms with E-state index >= 15 is 0 Å². The first-order chi connectivity index (χ1) is 9.74. The summed E-state index contributed by atoms with van der Waals surface area (Å²) in [7, 11) is 0. The first-order valence-corrected chi connectivity index (χ1v) is 7.47. The number of hydrogen-bond acceptors (Lipinski definition) is 3. The van der Waals surface area contributed by atoms with Gasteiger partial charge in [0, 0.05) is 6.54 Å². The number of carbonyl (C=O) groups is 1. The van der Waals surface area contributed by atoms with Gasteiger partial charge < -0.3 is 15.3 Å². The second kappa shape index (κ2) is 8.02. The topological polar surface area (TPSA) is 52.6 Å². The molecule has 0 spiro atoms. The van der Waals surface area contributed by atoms with E-state index in [1.165, 1.54) is 44.5 Å². The molecule has 2 N–H and O–H groups in total. The largest absolute Gasteiger partial charge is 0.481 e. The highest BCUT2D eigenvalue weighted by atomic mass is 16.4. The molecule has 4 nitrogen and oxygen atoms in total. The number of carboxylic acids is 1. The van der Waals surface area contributed by atoms with Crippen LogP contribution in [0.25, 0.3) is 0 Å². The maximum Gasteiger partial charge on any atom is 0.307 e. The van der Waals surface area contributed by atoms with Crippen LogP contribution in [-0.4, -0.2) is 42.2 Å². The first-order valence-electron chi connectivity index (χ1n) is 7.47. The van der Waals surface area contributed by atoms with E-state index in [0.29, 0.717) is 0 Å². The van der Waals surface area contributed by atoms with Crippen molar-refractivity contribution in [2.75, 3.05) is 26.2 Å². The summed E-state index contributed by atoms with van der Waals surface area (Å²) in [5.41, 5.74) is 2.07. The lowest BCUT2D eigenvalue weighted by atomic mass is 10.1. The lowest BCUT2D eigenvalue weighted by Crippen LogP contribution is -2.24. The summed E-state index contributed by atoms with van der Waals surface area (Å²) in [6.45, 7) is 5.63. The molecule has 0 bridgehead atoms.